The lowest BCUT2D eigenvalue weighted by molar-refractivity contribution is -0.123. The Kier molecular flexibility index (Phi) is 4.57. The lowest BCUT2D eigenvalue weighted by Crippen LogP contribution is -2.32. The fourth-order valence-corrected chi connectivity index (χ4v) is 3.55. The van der Waals surface area contributed by atoms with Gasteiger partial charge in [0.05, 0.1) is 6.04 Å². The molecule has 3 aromatic rings. The van der Waals surface area contributed by atoms with E-state index in [9.17, 15) is 4.79 Å². The molecule has 0 unspecified atom stereocenters. The third-order valence-electron chi connectivity index (χ3n) is 5.18. The molecule has 4 rings (SSSR count). The van der Waals surface area contributed by atoms with E-state index in [0.717, 1.165) is 17.8 Å². The molecule has 1 N–H and O–H groups in total. The molecule has 2 aromatic carbocycles. The smallest absolute Gasteiger partial charge is 0.224 e. The maximum atomic E-state index is 12.8. The van der Waals surface area contributed by atoms with Crippen molar-refractivity contribution >= 4 is 5.91 Å². The summed E-state index contributed by atoms with van der Waals surface area (Å²) in [5.74, 6) is 1.53. The number of rotatable bonds is 6. The molecule has 1 fully saturated rings. The Hall–Kier alpha value is -2.88. The summed E-state index contributed by atoms with van der Waals surface area (Å²) < 4.78 is 2.01. The van der Waals surface area contributed by atoms with E-state index in [0.29, 0.717) is 12.3 Å². The zero-order valence-corrected chi connectivity index (χ0v) is 14.9. The molecular formula is C22H23N3O. The molecule has 0 spiro atoms. The molecule has 26 heavy (non-hydrogen) atoms. The Morgan fingerprint density at radius 3 is 2.50 bits per heavy atom. The molecule has 132 valence electrons. The molecule has 1 heterocycles. The van der Waals surface area contributed by atoms with Gasteiger partial charge in [0.15, 0.2) is 0 Å². The number of imidazole rings is 1. The molecule has 1 aliphatic carbocycles. The molecule has 3 atom stereocenters. The van der Waals surface area contributed by atoms with Crippen LogP contribution in [-0.4, -0.2) is 15.5 Å². The number of amides is 1. The van der Waals surface area contributed by atoms with Gasteiger partial charge in [0.1, 0.15) is 5.82 Å². The minimum Gasteiger partial charge on any atom is -0.349 e. The number of aryl methyl sites for hydroxylation is 1. The van der Waals surface area contributed by atoms with Crippen LogP contribution in [0.5, 0.6) is 0 Å². The predicted molar refractivity (Wildman–Crippen MR) is 102 cm³/mol. The Balaban J connectivity index is 1.48. The SMILES string of the molecule is Cn1ccnc1C[C@H](NC(=O)[C@H]1C[C@@H]1c1ccccc1)c1ccccc1. The van der Waals surface area contributed by atoms with E-state index < -0.39 is 0 Å². The first-order chi connectivity index (χ1) is 12.7. The number of nitrogens with zero attached hydrogens (tertiary/aromatic N) is 2. The lowest BCUT2D eigenvalue weighted by atomic mass is 10.0. The summed E-state index contributed by atoms with van der Waals surface area (Å²) in [6.45, 7) is 0. The molecular weight excluding hydrogens is 322 g/mol. The summed E-state index contributed by atoms with van der Waals surface area (Å²) in [5.41, 5.74) is 2.37. The highest BCUT2D eigenvalue weighted by atomic mass is 16.2. The van der Waals surface area contributed by atoms with Crippen molar-refractivity contribution in [2.75, 3.05) is 0 Å². The van der Waals surface area contributed by atoms with Crippen LogP contribution in [0.15, 0.2) is 73.1 Å². The van der Waals surface area contributed by atoms with E-state index in [4.69, 9.17) is 0 Å². The van der Waals surface area contributed by atoms with Crippen molar-refractivity contribution in [2.45, 2.75) is 24.8 Å². The Morgan fingerprint density at radius 2 is 1.85 bits per heavy atom. The van der Waals surface area contributed by atoms with Crippen LogP contribution in [0.2, 0.25) is 0 Å². The zero-order valence-electron chi connectivity index (χ0n) is 14.9. The quantitative estimate of drug-likeness (QED) is 0.742. The first-order valence-electron chi connectivity index (χ1n) is 9.09. The molecule has 0 radical (unpaired) electrons. The normalized spacial score (nSPS) is 19.7. The second-order valence-electron chi connectivity index (χ2n) is 6.99. The van der Waals surface area contributed by atoms with Crippen LogP contribution in [0.4, 0.5) is 0 Å². The van der Waals surface area contributed by atoms with E-state index in [1.807, 2.05) is 54.2 Å². The van der Waals surface area contributed by atoms with E-state index in [1.165, 1.54) is 5.56 Å². The molecule has 1 aromatic heterocycles. The average Bonchev–Trinajstić information content (AvgIpc) is 3.39. The van der Waals surface area contributed by atoms with Crippen LogP contribution in [0.1, 0.15) is 35.3 Å². The standard InChI is InChI=1S/C22H23N3O/c1-25-13-12-23-21(25)15-20(17-10-6-3-7-11-17)24-22(26)19-14-18(19)16-8-4-2-5-9-16/h2-13,18-20H,14-15H2,1H3,(H,24,26)/t18-,19+,20+/m1/s1. The van der Waals surface area contributed by atoms with Crippen molar-refractivity contribution in [1.29, 1.82) is 0 Å². The maximum Gasteiger partial charge on any atom is 0.224 e. The van der Waals surface area contributed by atoms with Gasteiger partial charge in [-0.2, -0.15) is 0 Å². The third-order valence-corrected chi connectivity index (χ3v) is 5.18. The van der Waals surface area contributed by atoms with Gasteiger partial charge in [0.2, 0.25) is 5.91 Å². The van der Waals surface area contributed by atoms with Crippen molar-refractivity contribution in [2.24, 2.45) is 13.0 Å². The fraction of sp³-hybridized carbons (Fsp3) is 0.273. The molecule has 1 saturated carbocycles. The van der Waals surface area contributed by atoms with Crippen LogP contribution >= 0.6 is 0 Å². The van der Waals surface area contributed by atoms with Gasteiger partial charge >= 0.3 is 0 Å². The van der Waals surface area contributed by atoms with Gasteiger partial charge < -0.3 is 9.88 Å². The highest BCUT2D eigenvalue weighted by molar-refractivity contribution is 5.83. The van der Waals surface area contributed by atoms with E-state index in [2.05, 4.69) is 34.6 Å². The van der Waals surface area contributed by atoms with Crippen molar-refractivity contribution in [3.63, 3.8) is 0 Å². The molecule has 0 saturated heterocycles. The van der Waals surface area contributed by atoms with E-state index in [-0.39, 0.29) is 17.9 Å². The van der Waals surface area contributed by atoms with Crippen LogP contribution in [0, 0.1) is 5.92 Å². The number of nitrogens with one attached hydrogen (secondary N) is 1. The second kappa shape index (κ2) is 7.16. The first-order valence-corrected chi connectivity index (χ1v) is 9.09. The van der Waals surface area contributed by atoms with Gasteiger partial charge in [-0.1, -0.05) is 60.7 Å². The van der Waals surface area contributed by atoms with E-state index >= 15 is 0 Å². The number of carbonyl (C=O) groups excluding carboxylic acids is 1. The zero-order chi connectivity index (χ0) is 17.9. The summed E-state index contributed by atoms with van der Waals surface area (Å²) in [7, 11) is 1.98. The first kappa shape index (κ1) is 16.6. The highest BCUT2D eigenvalue weighted by Gasteiger charge is 2.44. The van der Waals surface area contributed by atoms with Gasteiger partial charge in [-0.05, 0) is 23.5 Å². The maximum absolute atomic E-state index is 12.8. The van der Waals surface area contributed by atoms with Crippen molar-refractivity contribution in [3.8, 4) is 0 Å². The summed E-state index contributed by atoms with van der Waals surface area (Å²) >= 11 is 0. The molecule has 4 heteroatoms. The number of benzene rings is 2. The van der Waals surface area contributed by atoms with Gasteiger partial charge in [-0.25, -0.2) is 4.98 Å². The monoisotopic (exact) mass is 345 g/mol. The Bertz CT molecular complexity index is 873. The van der Waals surface area contributed by atoms with Crippen molar-refractivity contribution in [1.82, 2.24) is 14.9 Å². The molecule has 4 nitrogen and oxygen atoms in total. The fourth-order valence-electron chi connectivity index (χ4n) is 3.55. The highest BCUT2D eigenvalue weighted by Crippen LogP contribution is 2.47. The minimum atomic E-state index is -0.0678. The summed E-state index contributed by atoms with van der Waals surface area (Å²) in [4.78, 5) is 17.3. The third kappa shape index (κ3) is 3.54. The Morgan fingerprint density at radius 1 is 1.15 bits per heavy atom. The van der Waals surface area contributed by atoms with Crippen LogP contribution in [-0.2, 0) is 18.3 Å². The number of hydrogen-bond donors (Lipinski definition) is 1. The van der Waals surface area contributed by atoms with Gasteiger partial charge in [-0.15, -0.1) is 0 Å². The van der Waals surface area contributed by atoms with Crippen molar-refractivity contribution in [3.05, 3.63) is 90.0 Å². The second-order valence-corrected chi connectivity index (χ2v) is 6.99. The average molecular weight is 345 g/mol. The molecule has 1 aliphatic rings. The largest absolute Gasteiger partial charge is 0.349 e. The van der Waals surface area contributed by atoms with Crippen LogP contribution in [0.25, 0.3) is 0 Å². The number of aromatic nitrogens is 2. The van der Waals surface area contributed by atoms with E-state index in [1.54, 1.807) is 6.20 Å². The van der Waals surface area contributed by atoms with Gasteiger partial charge in [-0.3, -0.25) is 4.79 Å². The van der Waals surface area contributed by atoms with Gasteiger partial charge in [0, 0.05) is 31.8 Å². The Labute approximate surface area is 153 Å². The molecule has 1 amide bonds. The topological polar surface area (TPSA) is 46.9 Å². The molecule has 0 bridgehead atoms. The summed E-state index contributed by atoms with van der Waals surface area (Å²) in [6.07, 6.45) is 5.35. The minimum absolute atomic E-state index is 0.0678. The summed E-state index contributed by atoms with van der Waals surface area (Å²) in [5, 5.41) is 3.27. The molecule has 0 aliphatic heterocycles. The van der Waals surface area contributed by atoms with Crippen LogP contribution < -0.4 is 5.32 Å². The summed E-state index contributed by atoms with van der Waals surface area (Å²) in [6, 6.07) is 20.4. The van der Waals surface area contributed by atoms with Crippen LogP contribution in [0.3, 0.4) is 0 Å². The lowest BCUT2D eigenvalue weighted by Gasteiger charge is -2.19. The van der Waals surface area contributed by atoms with Gasteiger partial charge in [0.25, 0.3) is 0 Å². The van der Waals surface area contributed by atoms with Crippen molar-refractivity contribution < 1.29 is 4.79 Å². The predicted octanol–water partition coefficient (Wildman–Crippen LogP) is 3.62. The number of carbonyl (C=O) groups is 1. The number of hydrogen-bond acceptors (Lipinski definition) is 2.